The van der Waals surface area contributed by atoms with Gasteiger partial charge in [-0.15, -0.1) is 0 Å². The molecular formula is C27H35N6O7PS. The van der Waals surface area contributed by atoms with Gasteiger partial charge in [0.1, 0.15) is 24.7 Å². The van der Waals surface area contributed by atoms with Gasteiger partial charge in [-0.25, -0.2) is 10.1 Å². The number of hydrogen-bond donors (Lipinski definition) is 3. The Hall–Kier alpha value is -3.58. The fraction of sp³-hybridized carbons (Fsp3) is 0.444. The van der Waals surface area contributed by atoms with Crippen molar-refractivity contribution in [2.75, 3.05) is 18.9 Å². The number of H-pyrrole nitrogens is 1. The summed E-state index contributed by atoms with van der Waals surface area (Å²) in [6.07, 6.45) is 5.06. The average molecular weight is 619 g/mol. The van der Waals surface area contributed by atoms with Crippen LogP contribution in [0.2, 0.25) is 0 Å². The molecular weight excluding hydrogens is 583 g/mol. The Labute approximate surface area is 248 Å². The van der Waals surface area contributed by atoms with Crippen molar-refractivity contribution in [1.82, 2.24) is 24.6 Å². The molecule has 0 aliphatic heterocycles. The number of carbonyl (C=O) groups excluding carboxylic acids is 2. The summed E-state index contributed by atoms with van der Waals surface area (Å²) in [7, 11) is 0. The standard InChI is InChI=1S/C27H35N6O7PS/c1-5-9-17(2)39-25(36)18(3)32-41(42,40-21-10-7-6-8-11-21)38-15-27(14-37-19(4)34)12-20(27)13-33-16-29-22-23(33)30-26(28)31-24(22)35/h6-8,10-11,13,16-18H,5,9,12,14-15H2,1-4H3,(H,32,42)(H3,28,30,31,35)/b20-13-/t17-,18-,27-,41?/m0/s1. The Morgan fingerprint density at radius 3 is 2.71 bits per heavy atom. The summed E-state index contributed by atoms with van der Waals surface area (Å²) in [6.45, 7) is 3.50. The van der Waals surface area contributed by atoms with Crippen LogP contribution in [0.15, 0.2) is 47.0 Å². The Morgan fingerprint density at radius 2 is 2.02 bits per heavy atom. The van der Waals surface area contributed by atoms with E-state index in [-0.39, 0.29) is 36.4 Å². The van der Waals surface area contributed by atoms with Crippen LogP contribution in [-0.4, -0.2) is 56.8 Å². The van der Waals surface area contributed by atoms with E-state index in [0.717, 1.165) is 18.4 Å². The molecule has 1 unspecified atom stereocenters. The minimum Gasteiger partial charge on any atom is -0.465 e. The molecule has 1 fully saturated rings. The van der Waals surface area contributed by atoms with Crippen molar-refractivity contribution in [3.63, 3.8) is 0 Å². The molecule has 1 aliphatic carbocycles. The van der Waals surface area contributed by atoms with Crippen molar-refractivity contribution in [2.24, 2.45) is 5.41 Å². The molecule has 0 bridgehead atoms. The van der Waals surface area contributed by atoms with Gasteiger partial charge >= 0.3 is 18.6 Å². The monoisotopic (exact) mass is 618 g/mol. The third kappa shape index (κ3) is 7.82. The van der Waals surface area contributed by atoms with E-state index in [1.54, 1.807) is 42.0 Å². The number of carbonyl (C=O) groups is 2. The lowest BCUT2D eigenvalue weighted by molar-refractivity contribution is -0.150. The number of aromatic amines is 1. The van der Waals surface area contributed by atoms with Crippen LogP contribution in [0, 0.1) is 5.41 Å². The summed E-state index contributed by atoms with van der Waals surface area (Å²) >= 11 is 5.87. The molecule has 4 atom stereocenters. The summed E-state index contributed by atoms with van der Waals surface area (Å²) in [5.74, 6) is -0.502. The first kappa shape index (κ1) is 31.4. The van der Waals surface area contributed by atoms with Gasteiger partial charge in [0.15, 0.2) is 11.2 Å². The van der Waals surface area contributed by atoms with E-state index in [4.69, 9.17) is 36.1 Å². The normalized spacial score (nSPS) is 20.0. The van der Waals surface area contributed by atoms with Crippen molar-refractivity contribution < 1.29 is 28.1 Å². The summed E-state index contributed by atoms with van der Waals surface area (Å²) in [6, 6.07) is 8.09. The van der Waals surface area contributed by atoms with E-state index < -0.39 is 35.6 Å². The predicted molar refractivity (Wildman–Crippen MR) is 161 cm³/mol. The lowest BCUT2D eigenvalue weighted by Crippen LogP contribution is -2.37. The number of esters is 2. The van der Waals surface area contributed by atoms with E-state index in [9.17, 15) is 14.4 Å². The Bertz CT molecular complexity index is 1580. The third-order valence-electron chi connectivity index (χ3n) is 6.58. The molecule has 0 amide bonds. The minimum atomic E-state index is -3.34. The smallest absolute Gasteiger partial charge is 0.323 e. The highest BCUT2D eigenvalue weighted by Gasteiger charge is 2.52. The van der Waals surface area contributed by atoms with Crippen molar-refractivity contribution >= 4 is 53.7 Å². The van der Waals surface area contributed by atoms with Crippen LogP contribution in [0.4, 0.5) is 5.95 Å². The molecule has 0 radical (unpaired) electrons. The topological polar surface area (TPSA) is 173 Å². The molecule has 42 heavy (non-hydrogen) atoms. The Morgan fingerprint density at radius 1 is 1.29 bits per heavy atom. The van der Waals surface area contributed by atoms with E-state index in [0.29, 0.717) is 12.2 Å². The summed E-state index contributed by atoms with van der Waals surface area (Å²) in [4.78, 5) is 47.5. The summed E-state index contributed by atoms with van der Waals surface area (Å²) in [5, 5.41) is 3.05. The maximum Gasteiger partial charge on any atom is 0.323 e. The number of nitrogens with two attached hydrogens (primary N) is 1. The zero-order valence-electron chi connectivity index (χ0n) is 23.9. The third-order valence-corrected chi connectivity index (χ3v) is 9.06. The molecule has 0 spiro atoms. The Kier molecular flexibility index (Phi) is 9.82. The number of benzene rings is 1. The van der Waals surface area contributed by atoms with Crippen molar-refractivity contribution in [3.8, 4) is 5.75 Å². The molecule has 4 rings (SSSR count). The van der Waals surface area contributed by atoms with Crippen molar-refractivity contribution in [1.29, 1.82) is 0 Å². The maximum atomic E-state index is 12.8. The van der Waals surface area contributed by atoms with E-state index in [2.05, 4.69) is 20.0 Å². The highest BCUT2D eigenvalue weighted by Crippen LogP contribution is 2.56. The molecule has 4 N–H and O–H groups in total. The highest BCUT2D eigenvalue weighted by atomic mass is 32.5. The first-order chi connectivity index (χ1) is 19.9. The molecule has 1 saturated carbocycles. The number of imidazole rings is 1. The van der Waals surface area contributed by atoms with Gasteiger partial charge in [0, 0.05) is 13.1 Å². The molecule has 2 heterocycles. The zero-order chi connectivity index (χ0) is 30.5. The van der Waals surface area contributed by atoms with Crippen LogP contribution in [0.5, 0.6) is 5.75 Å². The lowest BCUT2D eigenvalue weighted by Gasteiger charge is -2.28. The number of aromatic nitrogens is 4. The van der Waals surface area contributed by atoms with Gasteiger partial charge in [-0.3, -0.25) is 23.9 Å². The number of nitrogens with zero attached hydrogens (tertiary/aromatic N) is 3. The Balaban J connectivity index is 1.58. The molecule has 226 valence electrons. The van der Waals surface area contributed by atoms with Gasteiger partial charge in [-0.05, 0) is 56.2 Å². The minimum absolute atomic E-state index is 0.0139. The molecule has 13 nitrogen and oxygen atoms in total. The first-order valence-corrected chi connectivity index (χ1v) is 16.1. The number of rotatable bonds is 14. The second-order valence-electron chi connectivity index (χ2n) is 10.2. The molecule has 3 aromatic rings. The summed E-state index contributed by atoms with van der Waals surface area (Å²) in [5.41, 5.74) is 5.79. The van der Waals surface area contributed by atoms with Gasteiger partial charge in [0.2, 0.25) is 5.95 Å². The molecule has 0 saturated heterocycles. The fourth-order valence-corrected chi connectivity index (χ4v) is 6.72. The summed E-state index contributed by atoms with van der Waals surface area (Å²) < 4.78 is 24.9. The highest BCUT2D eigenvalue weighted by molar-refractivity contribution is 8.09. The fourth-order valence-electron chi connectivity index (χ4n) is 4.25. The number of hydrogen-bond acceptors (Lipinski definition) is 11. The number of fused-ring (bicyclic) bond motifs is 1. The van der Waals surface area contributed by atoms with E-state index >= 15 is 0 Å². The number of nitrogens with one attached hydrogen (secondary N) is 2. The molecule has 15 heteroatoms. The molecule has 1 aliphatic rings. The van der Waals surface area contributed by atoms with Gasteiger partial charge < -0.3 is 24.3 Å². The van der Waals surface area contributed by atoms with E-state index in [1.807, 2.05) is 19.9 Å². The van der Waals surface area contributed by atoms with Crippen molar-refractivity contribution in [2.45, 2.75) is 59.1 Å². The number of anilines is 1. The second kappa shape index (κ2) is 13.2. The largest absolute Gasteiger partial charge is 0.465 e. The van der Waals surface area contributed by atoms with Crippen LogP contribution in [0.25, 0.3) is 17.4 Å². The van der Waals surface area contributed by atoms with Crippen LogP contribution in [0.1, 0.15) is 47.0 Å². The van der Waals surface area contributed by atoms with Crippen LogP contribution >= 0.6 is 6.64 Å². The van der Waals surface area contributed by atoms with Crippen LogP contribution in [-0.2, 0) is 35.4 Å². The quantitative estimate of drug-likeness (QED) is 0.178. The van der Waals surface area contributed by atoms with Gasteiger partial charge in [0.05, 0.1) is 18.1 Å². The van der Waals surface area contributed by atoms with Crippen LogP contribution < -0.4 is 20.9 Å². The molecule has 2 aromatic heterocycles. The van der Waals surface area contributed by atoms with Crippen molar-refractivity contribution in [3.05, 3.63) is 52.6 Å². The van der Waals surface area contributed by atoms with Gasteiger partial charge in [0.25, 0.3) is 5.56 Å². The average Bonchev–Trinajstić information content (AvgIpc) is 3.46. The van der Waals surface area contributed by atoms with E-state index in [1.165, 1.54) is 13.3 Å². The number of nitrogen functional groups attached to an aromatic ring is 1. The maximum absolute atomic E-state index is 12.8. The number of para-hydroxylation sites is 1. The van der Waals surface area contributed by atoms with Gasteiger partial charge in [-0.1, -0.05) is 31.5 Å². The van der Waals surface area contributed by atoms with Gasteiger partial charge in [-0.2, -0.15) is 4.98 Å². The zero-order valence-corrected chi connectivity index (χ0v) is 25.6. The van der Waals surface area contributed by atoms with Crippen LogP contribution in [0.3, 0.4) is 0 Å². The predicted octanol–water partition coefficient (Wildman–Crippen LogP) is 3.53. The number of ether oxygens (including phenoxy) is 2. The second-order valence-corrected chi connectivity index (χ2v) is 13.4. The SMILES string of the molecule is CCC[C@H](C)OC(=O)[C@H](C)NP(=S)(OC[C@@]1(COC(C)=O)C/C1=C/n1cnc2c(=O)[nH]c(N)nc21)Oc1ccccc1. The first-order valence-electron chi connectivity index (χ1n) is 13.5. The lowest BCUT2D eigenvalue weighted by atomic mass is 10.1. The molecule has 1 aromatic carbocycles.